The van der Waals surface area contributed by atoms with Gasteiger partial charge in [0.15, 0.2) is 0 Å². The smallest absolute Gasteiger partial charge is 0.126 e. The van der Waals surface area contributed by atoms with Gasteiger partial charge in [-0.1, -0.05) is 13.8 Å². The third kappa shape index (κ3) is 2.46. The zero-order valence-corrected chi connectivity index (χ0v) is 12.3. The van der Waals surface area contributed by atoms with Gasteiger partial charge in [0.2, 0.25) is 0 Å². The minimum absolute atomic E-state index is 0.540. The van der Waals surface area contributed by atoms with E-state index >= 15 is 0 Å². The molecule has 3 rings (SSSR count). The van der Waals surface area contributed by atoms with E-state index in [1.165, 1.54) is 0 Å². The molecule has 5 nitrogen and oxygen atoms in total. The molecule has 0 spiro atoms. The summed E-state index contributed by atoms with van der Waals surface area (Å²) in [6, 6.07) is 5.90. The molecule has 0 fully saturated rings. The summed E-state index contributed by atoms with van der Waals surface area (Å²) < 4.78 is 1.13. The first-order valence-electron chi connectivity index (χ1n) is 6.57. The van der Waals surface area contributed by atoms with E-state index in [1.54, 1.807) is 17.5 Å². The van der Waals surface area contributed by atoms with Crippen LogP contribution < -0.4 is 11.1 Å². The molecule has 3 heterocycles. The van der Waals surface area contributed by atoms with Crippen LogP contribution in [0.4, 0.5) is 11.5 Å². The highest BCUT2D eigenvalue weighted by atomic mass is 32.1. The summed E-state index contributed by atoms with van der Waals surface area (Å²) >= 11 is 1.69. The molecule has 0 saturated carbocycles. The molecular formula is C14H17N5S. The van der Waals surface area contributed by atoms with Crippen molar-refractivity contribution < 1.29 is 0 Å². The molecule has 3 aromatic heterocycles. The maximum absolute atomic E-state index is 5.89. The van der Waals surface area contributed by atoms with Crippen LogP contribution in [0.1, 0.15) is 13.8 Å². The molecule has 0 amide bonds. The van der Waals surface area contributed by atoms with Gasteiger partial charge in [-0.2, -0.15) is 5.10 Å². The van der Waals surface area contributed by atoms with E-state index < -0.39 is 0 Å². The van der Waals surface area contributed by atoms with Crippen molar-refractivity contribution in [3.05, 3.63) is 24.4 Å². The molecule has 0 radical (unpaired) electrons. The van der Waals surface area contributed by atoms with Crippen LogP contribution in [0, 0.1) is 5.92 Å². The first-order valence-corrected chi connectivity index (χ1v) is 7.39. The zero-order chi connectivity index (χ0) is 14.1. The van der Waals surface area contributed by atoms with Gasteiger partial charge in [-0.15, -0.1) is 11.3 Å². The lowest BCUT2D eigenvalue weighted by Gasteiger charge is -2.10. The van der Waals surface area contributed by atoms with Crippen LogP contribution in [0.15, 0.2) is 24.4 Å². The summed E-state index contributed by atoms with van der Waals surface area (Å²) in [5.41, 5.74) is 8.87. The van der Waals surface area contributed by atoms with Crippen LogP contribution >= 0.6 is 11.3 Å². The number of rotatable bonds is 4. The van der Waals surface area contributed by atoms with Crippen LogP contribution in [0.3, 0.4) is 0 Å². The number of thiophene rings is 1. The van der Waals surface area contributed by atoms with Crippen LogP contribution in [-0.2, 0) is 0 Å². The largest absolute Gasteiger partial charge is 0.384 e. The number of hydrogen-bond donors (Lipinski definition) is 3. The number of fused-ring (bicyclic) bond motifs is 1. The Morgan fingerprint density at radius 3 is 2.95 bits per heavy atom. The lowest BCUT2D eigenvalue weighted by Crippen LogP contribution is -2.08. The number of nitrogens with two attached hydrogens (primary N) is 1. The molecule has 0 atom stereocenters. The van der Waals surface area contributed by atoms with Crippen LogP contribution in [-0.4, -0.2) is 21.7 Å². The molecule has 4 N–H and O–H groups in total. The summed E-state index contributed by atoms with van der Waals surface area (Å²) in [4.78, 5) is 5.52. The zero-order valence-electron chi connectivity index (χ0n) is 11.5. The van der Waals surface area contributed by atoms with E-state index in [0.29, 0.717) is 11.7 Å². The van der Waals surface area contributed by atoms with Crippen molar-refractivity contribution >= 4 is 33.1 Å². The Kier molecular flexibility index (Phi) is 3.31. The van der Waals surface area contributed by atoms with Gasteiger partial charge in [0.1, 0.15) is 5.82 Å². The molecule has 20 heavy (non-hydrogen) atoms. The summed E-state index contributed by atoms with van der Waals surface area (Å²) in [5, 5.41) is 10.4. The average Bonchev–Trinajstić information content (AvgIpc) is 3.03. The fraction of sp³-hybridized carbons (Fsp3) is 0.286. The number of aromatic amines is 1. The Morgan fingerprint density at radius 1 is 1.40 bits per heavy atom. The van der Waals surface area contributed by atoms with E-state index in [1.807, 2.05) is 18.2 Å². The van der Waals surface area contributed by atoms with Crippen LogP contribution in [0.25, 0.3) is 20.8 Å². The summed E-state index contributed by atoms with van der Waals surface area (Å²) in [6.45, 7) is 5.27. The van der Waals surface area contributed by atoms with E-state index in [-0.39, 0.29) is 0 Å². The fourth-order valence-electron chi connectivity index (χ4n) is 2.01. The third-order valence-corrected chi connectivity index (χ3v) is 4.16. The Balaban J connectivity index is 2.05. The van der Waals surface area contributed by atoms with Crippen molar-refractivity contribution in [3.63, 3.8) is 0 Å². The highest BCUT2D eigenvalue weighted by molar-refractivity contribution is 7.22. The number of aromatic nitrogens is 3. The Bertz CT molecular complexity index is 715. The SMILES string of the molecule is CC(C)CNc1cc(N)nc2cc(-c3ccn[nH]3)sc12. The minimum Gasteiger partial charge on any atom is -0.384 e. The molecule has 0 bridgehead atoms. The molecule has 104 valence electrons. The Hall–Kier alpha value is -2.08. The average molecular weight is 287 g/mol. The quantitative estimate of drug-likeness (QED) is 0.687. The first kappa shape index (κ1) is 12.9. The molecule has 3 aromatic rings. The van der Waals surface area contributed by atoms with Gasteiger partial charge >= 0.3 is 0 Å². The molecule has 6 heteroatoms. The number of nitrogens with zero attached hydrogens (tertiary/aromatic N) is 2. The summed E-state index contributed by atoms with van der Waals surface area (Å²) in [5.74, 6) is 1.11. The standard InChI is InChI=1S/C14H17N5S/c1-8(2)7-16-10-6-13(15)18-11-5-12(20-14(10)11)9-3-4-17-19-9/h3-6,8H,7H2,1-2H3,(H,17,19)(H3,15,16,18). The maximum Gasteiger partial charge on any atom is 0.126 e. The van der Waals surface area contributed by atoms with Crippen molar-refractivity contribution in [1.29, 1.82) is 0 Å². The number of H-pyrrole nitrogens is 1. The number of anilines is 2. The van der Waals surface area contributed by atoms with Crippen molar-refractivity contribution in [2.75, 3.05) is 17.6 Å². The minimum atomic E-state index is 0.540. The van der Waals surface area contributed by atoms with Crippen molar-refractivity contribution in [1.82, 2.24) is 15.2 Å². The second-order valence-corrected chi connectivity index (χ2v) is 6.22. The van der Waals surface area contributed by atoms with Crippen LogP contribution in [0.2, 0.25) is 0 Å². The lowest BCUT2D eigenvalue weighted by atomic mass is 10.2. The molecule has 0 aliphatic carbocycles. The predicted molar refractivity (Wildman–Crippen MR) is 84.9 cm³/mol. The van der Waals surface area contributed by atoms with Crippen molar-refractivity contribution in [3.8, 4) is 10.6 Å². The van der Waals surface area contributed by atoms with Gasteiger partial charge in [-0.05, 0) is 18.1 Å². The van der Waals surface area contributed by atoms with Gasteiger partial charge in [-0.25, -0.2) is 4.98 Å². The maximum atomic E-state index is 5.89. The number of hydrogen-bond acceptors (Lipinski definition) is 5. The molecule has 0 saturated heterocycles. The van der Waals surface area contributed by atoms with E-state index in [4.69, 9.17) is 5.73 Å². The first-order chi connectivity index (χ1) is 9.63. The molecule has 0 aromatic carbocycles. The number of nitrogens with one attached hydrogen (secondary N) is 2. The Morgan fingerprint density at radius 2 is 2.25 bits per heavy atom. The predicted octanol–water partition coefficient (Wildman–Crippen LogP) is 3.34. The van der Waals surface area contributed by atoms with Gasteiger partial charge in [0, 0.05) is 18.8 Å². The molecule has 0 aliphatic heterocycles. The monoisotopic (exact) mass is 287 g/mol. The van der Waals surface area contributed by atoms with Gasteiger partial charge in [-0.3, -0.25) is 5.10 Å². The summed E-state index contributed by atoms with van der Waals surface area (Å²) in [6.07, 6.45) is 1.75. The number of pyridine rings is 1. The highest BCUT2D eigenvalue weighted by Crippen LogP contribution is 2.36. The fourth-order valence-corrected chi connectivity index (χ4v) is 3.08. The lowest BCUT2D eigenvalue weighted by molar-refractivity contribution is 0.689. The van der Waals surface area contributed by atoms with E-state index in [9.17, 15) is 0 Å². The third-order valence-electron chi connectivity index (χ3n) is 2.97. The highest BCUT2D eigenvalue weighted by Gasteiger charge is 2.11. The molecular weight excluding hydrogens is 270 g/mol. The van der Waals surface area contributed by atoms with E-state index in [0.717, 1.165) is 33.0 Å². The Labute approximate surface area is 121 Å². The van der Waals surface area contributed by atoms with Crippen molar-refractivity contribution in [2.45, 2.75) is 13.8 Å². The second-order valence-electron chi connectivity index (χ2n) is 5.16. The van der Waals surface area contributed by atoms with E-state index in [2.05, 4.69) is 34.3 Å². The number of nitrogen functional groups attached to an aromatic ring is 1. The van der Waals surface area contributed by atoms with Gasteiger partial charge < -0.3 is 11.1 Å². The molecule has 0 unspecified atom stereocenters. The molecule has 0 aliphatic rings. The summed E-state index contributed by atoms with van der Waals surface area (Å²) in [7, 11) is 0. The normalized spacial score (nSPS) is 11.3. The topological polar surface area (TPSA) is 79.6 Å². The second kappa shape index (κ2) is 5.13. The van der Waals surface area contributed by atoms with Gasteiger partial charge in [0.25, 0.3) is 0 Å². The van der Waals surface area contributed by atoms with Crippen LogP contribution in [0.5, 0.6) is 0 Å². The van der Waals surface area contributed by atoms with Gasteiger partial charge in [0.05, 0.1) is 26.5 Å². The van der Waals surface area contributed by atoms with Crippen molar-refractivity contribution in [2.24, 2.45) is 5.92 Å².